The second-order valence-electron chi connectivity index (χ2n) is 11.8. The summed E-state index contributed by atoms with van der Waals surface area (Å²) in [7, 11) is -1.23. The quantitative estimate of drug-likeness (QED) is 0.140. The molecule has 2 aromatic heterocycles. The Bertz CT molecular complexity index is 991. The van der Waals surface area contributed by atoms with Gasteiger partial charge >= 0.3 is 0 Å². The summed E-state index contributed by atoms with van der Waals surface area (Å²) in [6.45, 7) is 14.7. The number of nitrogens with one attached hydrogen (secondary N) is 1. The molecule has 2 atom stereocenters. The smallest absolute Gasteiger partial charge is 0.215 e. The van der Waals surface area contributed by atoms with Crippen LogP contribution in [0.15, 0.2) is 16.9 Å². The Morgan fingerprint density at radius 1 is 1.21 bits per heavy atom. The molecule has 2 aromatic rings. The highest BCUT2D eigenvalue weighted by molar-refractivity contribution is 7.90. The Labute approximate surface area is 240 Å². The molecule has 1 N–H and O–H groups in total. The van der Waals surface area contributed by atoms with Crippen molar-refractivity contribution >= 4 is 42.6 Å². The van der Waals surface area contributed by atoms with Crippen LogP contribution >= 0.6 is 23.2 Å². The maximum absolute atomic E-state index is 13.1. The summed E-state index contributed by atoms with van der Waals surface area (Å²) in [5, 5.41) is 4.59. The predicted octanol–water partition coefficient (Wildman–Crippen LogP) is 6.43. The molecule has 3 heterocycles. The van der Waals surface area contributed by atoms with E-state index < -0.39 is 30.0 Å². The molecule has 1 fully saturated rings. The molecule has 0 spiro atoms. The molecule has 38 heavy (non-hydrogen) atoms. The number of rotatable bonds is 15. The molecule has 0 amide bonds. The molecular formula is C25H42Cl2N4O5SSi. The molecule has 1 unspecified atom stereocenters. The SMILES string of the molecule is CC(C)(C)[S+]([O-])N[C@@H](CCCCCC1(c2ccon2)OCCO1)c1nc(Cl)c(Cl)n1COCC[Si](C)(C)C. The van der Waals surface area contributed by atoms with Gasteiger partial charge in [-0.25, -0.2) is 4.98 Å². The molecule has 9 nitrogen and oxygen atoms in total. The van der Waals surface area contributed by atoms with Crippen molar-refractivity contribution < 1.29 is 23.3 Å². The molecule has 0 radical (unpaired) electrons. The second-order valence-corrected chi connectivity index (χ2v) is 20.1. The van der Waals surface area contributed by atoms with Crippen molar-refractivity contribution in [2.24, 2.45) is 0 Å². The molecule has 1 saturated heterocycles. The van der Waals surface area contributed by atoms with Crippen LogP contribution < -0.4 is 4.72 Å². The summed E-state index contributed by atoms with van der Waals surface area (Å²) in [4.78, 5) is 4.55. The first-order valence-corrected chi connectivity index (χ1v) is 18.8. The Morgan fingerprint density at radius 2 is 1.92 bits per heavy atom. The van der Waals surface area contributed by atoms with Gasteiger partial charge < -0.3 is 23.3 Å². The van der Waals surface area contributed by atoms with Crippen LogP contribution in [0.3, 0.4) is 0 Å². The summed E-state index contributed by atoms with van der Waals surface area (Å²) in [6, 6.07) is 2.51. The third-order valence-electron chi connectivity index (χ3n) is 6.31. The van der Waals surface area contributed by atoms with Gasteiger partial charge in [-0.05, 0) is 39.7 Å². The second kappa shape index (κ2) is 13.8. The Morgan fingerprint density at radius 3 is 2.53 bits per heavy atom. The fourth-order valence-corrected chi connectivity index (χ4v) is 6.01. The van der Waals surface area contributed by atoms with Gasteiger partial charge in [-0.3, -0.25) is 4.57 Å². The van der Waals surface area contributed by atoms with E-state index in [1.165, 1.54) is 6.26 Å². The van der Waals surface area contributed by atoms with Gasteiger partial charge in [-0.1, -0.05) is 60.8 Å². The normalized spacial score (nSPS) is 17.7. The van der Waals surface area contributed by atoms with E-state index in [-0.39, 0.29) is 17.9 Å². The third-order valence-corrected chi connectivity index (χ3v) is 10.4. The van der Waals surface area contributed by atoms with Gasteiger partial charge in [0.2, 0.25) is 5.79 Å². The summed E-state index contributed by atoms with van der Waals surface area (Å²) in [6.07, 6.45) is 5.51. The molecule has 1 aliphatic heterocycles. The van der Waals surface area contributed by atoms with E-state index in [2.05, 4.69) is 34.5 Å². The van der Waals surface area contributed by atoms with Crippen LogP contribution in [-0.2, 0) is 38.1 Å². The molecule has 13 heteroatoms. The van der Waals surface area contributed by atoms with Gasteiger partial charge in [0.05, 0.1) is 13.2 Å². The van der Waals surface area contributed by atoms with Gasteiger partial charge in [-0.15, -0.1) is 4.72 Å². The zero-order chi connectivity index (χ0) is 28.0. The van der Waals surface area contributed by atoms with E-state index in [0.29, 0.717) is 49.3 Å². The lowest BCUT2D eigenvalue weighted by Gasteiger charge is -2.28. The molecule has 0 saturated carbocycles. The van der Waals surface area contributed by atoms with E-state index in [9.17, 15) is 4.55 Å². The summed E-state index contributed by atoms with van der Waals surface area (Å²) in [5.74, 6) is -0.213. The topological polar surface area (TPSA) is 107 Å². The van der Waals surface area contributed by atoms with Gasteiger partial charge in [0.15, 0.2) is 5.15 Å². The zero-order valence-corrected chi connectivity index (χ0v) is 26.7. The molecule has 0 bridgehead atoms. The van der Waals surface area contributed by atoms with Crippen molar-refractivity contribution in [3.05, 3.63) is 34.2 Å². The summed E-state index contributed by atoms with van der Waals surface area (Å²) >= 11 is 11.6. The van der Waals surface area contributed by atoms with Crippen LogP contribution in [0.2, 0.25) is 36.0 Å². The number of unbranched alkanes of at least 4 members (excludes halogenated alkanes) is 2. The van der Waals surface area contributed by atoms with Crippen LogP contribution in [0, 0.1) is 0 Å². The molecule has 3 rings (SSSR count). The largest absolute Gasteiger partial charge is 0.598 e. The fourth-order valence-electron chi connectivity index (χ4n) is 4.06. The van der Waals surface area contributed by atoms with Crippen LogP contribution in [0.1, 0.15) is 70.4 Å². The van der Waals surface area contributed by atoms with E-state index in [1.54, 1.807) is 10.6 Å². The van der Waals surface area contributed by atoms with Crippen molar-refractivity contribution in [2.45, 2.75) is 102 Å². The van der Waals surface area contributed by atoms with Crippen LogP contribution in [0.5, 0.6) is 0 Å². The van der Waals surface area contributed by atoms with Crippen LogP contribution in [-0.4, -0.2) is 51.9 Å². The van der Waals surface area contributed by atoms with Crippen molar-refractivity contribution in [1.82, 2.24) is 19.4 Å². The first-order chi connectivity index (χ1) is 17.8. The highest BCUT2D eigenvalue weighted by Crippen LogP contribution is 2.36. The standard InChI is InChI=1S/C25H42Cl2N4O5SSi/c1-24(2,3)37(32)30-19(23-28-21(26)22(27)31(23)18-33-16-17-38(4,5)6)10-8-7-9-12-25(34-14-15-35-25)20-11-13-36-29-20/h11,13,19,30H,7-10,12,14-18H2,1-6H3/t19-,37?/m0/s1. The van der Waals surface area contributed by atoms with Gasteiger partial charge in [0.1, 0.15) is 40.5 Å². The minimum Gasteiger partial charge on any atom is -0.598 e. The van der Waals surface area contributed by atoms with Gasteiger partial charge in [0, 0.05) is 38.5 Å². The molecule has 0 aromatic carbocycles. The minimum atomic E-state index is -1.31. The highest BCUT2D eigenvalue weighted by atomic mass is 35.5. The number of aromatic nitrogens is 3. The molecule has 216 valence electrons. The minimum absolute atomic E-state index is 0.217. The lowest BCUT2D eigenvalue weighted by Crippen LogP contribution is -2.42. The maximum atomic E-state index is 13.1. The molecule has 0 aliphatic carbocycles. The Balaban J connectivity index is 1.65. The monoisotopic (exact) mass is 608 g/mol. The fraction of sp³-hybridized carbons (Fsp3) is 0.760. The van der Waals surface area contributed by atoms with E-state index in [4.69, 9.17) is 41.9 Å². The molecular weight excluding hydrogens is 567 g/mol. The number of nitrogens with zero attached hydrogens (tertiary/aromatic N) is 3. The van der Waals surface area contributed by atoms with Crippen molar-refractivity contribution in [1.29, 1.82) is 0 Å². The number of imidazole rings is 1. The van der Waals surface area contributed by atoms with Gasteiger partial charge in [-0.2, -0.15) is 0 Å². The highest BCUT2D eigenvalue weighted by Gasteiger charge is 2.40. The molecule has 1 aliphatic rings. The van der Waals surface area contributed by atoms with E-state index >= 15 is 0 Å². The van der Waals surface area contributed by atoms with Crippen molar-refractivity contribution in [2.75, 3.05) is 19.8 Å². The average molecular weight is 610 g/mol. The summed E-state index contributed by atoms with van der Waals surface area (Å²) in [5.41, 5.74) is 0.663. The maximum Gasteiger partial charge on any atom is 0.215 e. The third kappa shape index (κ3) is 8.94. The first kappa shape index (κ1) is 31.9. The van der Waals surface area contributed by atoms with E-state index in [1.807, 2.05) is 20.8 Å². The predicted molar refractivity (Wildman–Crippen MR) is 153 cm³/mol. The number of hydrogen-bond acceptors (Lipinski definition) is 8. The Hall–Kier alpha value is -0.633. The Kier molecular flexibility index (Phi) is 11.6. The number of ether oxygens (including phenoxy) is 3. The van der Waals surface area contributed by atoms with Crippen molar-refractivity contribution in [3.63, 3.8) is 0 Å². The lowest BCUT2D eigenvalue weighted by atomic mass is 10.0. The number of halogens is 2. The summed E-state index contributed by atoms with van der Waals surface area (Å²) < 4.78 is 40.5. The van der Waals surface area contributed by atoms with Crippen LogP contribution in [0.4, 0.5) is 0 Å². The average Bonchev–Trinajstić information content (AvgIpc) is 3.57. The van der Waals surface area contributed by atoms with Gasteiger partial charge in [0.25, 0.3) is 0 Å². The zero-order valence-electron chi connectivity index (χ0n) is 23.4. The van der Waals surface area contributed by atoms with E-state index in [0.717, 1.165) is 25.3 Å². The van der Waals surface area contributed by atoms with Crippen LogP contribution in [0.25, 0.3) is 0 Å². The van der Waals surface area contributed by atoms with Crippen molar-refractivity contribution in [3.8, 4) is 0 Å². The number of hydrogen-bond donors (Lipinski definition) is 1. The first-order valence-electron chi connectivity index (χ1n) is 13.2. The lowest BCUT2D eigenvalue weighted by molar-refractivity contribution is -0.175.